The Kier molecular flexibility index (Phi) is 5.86. The molecule has 1 amide bonds. The molecule has 8 heteroatoms. The lowest BCUT2D eigenvalue weighted by atomic mass is 10.0. The van der Waals surface area contributed by atoms with Crippen LogP contribution in [-0.4, -0.2) is 66.7 Å². The van der Waals surface area contributed by atoms with E-state index in [-0.39, 0.29) is 17.6 Å². The highest BCUT2D eigenvalue weighted by Gasteiger charge is 2.33. The minimum atomic E-state index is -0.176. The molecule has 5 rings (SSSR count). The lowest BCUT2D eigenvalue weighted by Crippen LogP contribution is -2.50. The van der Waals surface area contributed by atoms with E-state index in [1.807, 2.05) is 31.2 Å². The smallest absolute Gasteiger partial charge is 0.269 e. The van der Waals surface area contributed by atoms with Gasteiger partial charge in [-0.3, -0.25) is 14.5 Å². The van der Waals surface area contributed by atoms with E-state index in [9.17, 15) is 9.59 Å². The SMILES string of the molecule is CNC(=O)c1ccc(N2CCN(C3COC(c4cc5ccc(C)cc5c(=O)[nH]4)C3)CC2)cn1. The van der Waals surface area contributed by atoms with Crippen molar-refractivity contribution in [2.45, 2.75) is 25.5 Å². The van der Waals surface area contributed by atoms with Gasteiger partial charge in [0.05, 0.1) is 24.6 Å². The first-order valence-electron chi connectivity index (χ1n) is 11.4. The van der Waals surface area contributed by atoms with Crippen LogP contribution >= 0.6 is 0 Å². The van der Waals surface area contributed by atoms with Crippen LogP contribution < -0.4 is 15.8 Å². The van der Waals surface area contributed by atoms with Gasteiger partial charge in [-0.15, -0.1) is 0 Å². The van der Waals surface area contributed by atoms with Crippen LogP contribution in [0, 0.1) is 6.92 Å². The predicted octanol–water partition coefficient (Wildman–Crippen LogP) is 2.24. The summed E-state index contributed by atoms with van der Waals surface area (Å²) in [6.45, 7) is 6.33. The molecule has 2 atom stereocenters. The van der Waals surface area contributed by atoms with Crippen molar-refractivity contribution >= 4 is 22.4 Å². The predicted molar refractivity (Wildman–Crippen MR) is 128 cm³/mol. The number of anilines is 1. The van der Waals surface area contributed by atoms with Gasteiger partial charge in [0.2, 0.25) is 0 Å². The second-order valence-corrected chi connectivity index (χ2v) is 8.86. The third-order valence-electron chi connectivity index (χ3n) is 6.75. The molecule has 8 nitrogen and oxygen atoms in total. The first kappa shape index (κ1) is 21.6. The molecule has 3 aromatic rings. The second-order valence-electron chi connectivity index (χ2n) is 8.86. The molecule has 2 unspecified atom stereocenters. The van der Waals surface area contributed by atoms with Crippen molar-refractivity contribution in [3.8, 4) is 0 Å². The Morgan fingerprint density at radius 1 is 1.15 bits per heavy atom. The fraction of sp³-hybridized carbons (Fsp3) is 0.400. The van der Waals surface area contributed by atoms with Crippen LogP contribution in [0.2, 0.25) is 0 Å². The number of piperazine rings is 1. The van der Waals surface area contributed by atoms with Gasteiger partial charge < -0.3 is 19.9 Å². The van der Waals surface area contributed by atoms with E-state index in [1.165, 1.54) is 0 Å². The van der Waals surface area contributed by atoms with Crippen LogP contribution in [0.25, 0.3) is 10.8 Å². The monoisotopic (exact) mass is 447 g/mol. The van der Waals surface area contributed by atoms with Crippen LogP contribution in [0.4, 0.5) is 5.69 Å². The van der Waals surface area contributed by atoms with E-state index in [1.54, 1.807) is 19.3 Å². The van der Waals surface area contributed by atoms with Crippen molar-refractivity contribution in [2.75, 3.05) is 44.7 Å². The average Bonchev–Trinajstić information content (AvgIpc) is 3.34. The molecule has 0 saturated carbocycles. The highest BCUT2D eigenvalue weighted by Crippen LogP contribution is 2.32. The molecule has 2 aromatic heterocycles. The summed E-state index contributed by atoms with van der Waals surface area (Å²) >= 11 is 0. The second kappa shape index (κ2) is 8.96. The van der Waals surface area contributed by atoms with E-state index < -0.39 is 0 Å². The lowest BCUT2D eigenvalue weighted by molar-refractivity contribution is 0.0931. The molecule has 0 spiro atoms. The molecular formula is C25H29N5O3. The molecule has 0 bridgehead atoms. The number of benzene rings is 1. The van der Waals surface area contributed by atoms with E-state index in [2.05, 4.69) is 31.2 Å². The van der Waals surface area contributed by atoms with Gasteiger partial charge in [-0.25, -0.2) is 4.98 Å². The molecule has 0 aliphatic carbocycles. The largest absolute Gasteiger partial charge is 0.370 e. The summed E-state index contributed by atoms with van der Waals surface area (Å²) in [7, 11) is 1.60. The molecule has 172 valence electrons. The van der Waals surface area contributed by atoms with Crippen molar-refractivity contribution in [3.63, 3.8) is 0 Å². The fourth-order valence-corrected chi connectivity index (χ4v) is 4.83. The number of amides is 1. The molecule has 2 N–H and O–H groups in total. The number of hydrogen-bond acceptors (Lipinski definition) is 6. The molecule has 1 aromatic carbocycles. The van der Waals surface area contributed by atoms with Crippen LogP contribution in [0.1, 0.15) is 34.3 Å². The summed E-state index contributed by atoms with van der Waals surface area (Å²) < 4.78 is 6.12. The number of fused-ring (bicyclic) bond motifs is 1. The van der Waals surface area contributed by atoms with E-state index in [0.717, 1.165) is 60.3 Å². The lowest BCUT2D eigenvalue weighted by Gasteiger charge is -2.38. The number of pyridine rings is 2. The zero-order valence-corrected chi connectivity index (χ0v) is 19.0. The zero-order valence-electron chi connectivity index (χ0n) is 19.0. The Morgan fingerprint density at radius 3 is 2.70 bits per heavy atom. The summed E-state index contributed by atoms with van der Waals surface area (Å²) in [5.74, 6) is -0.176. The van der Waals surface area contributed by atoms with Crippen molar-refractivity contribution < 1.29 is 9.53 Å². The molecule has 33 heavy (non-hydrogen) atoms. The Balaban J connectivity index is 1.21. The minimum absolute atomic E-state index is 0.0529. The molecule has 2 aliphatic heterocycles. The highest BCUT2D eigenvalue weighted by atomic mass is 16.5. The molecule has 2 saturated heterocycles. The van der Waals surface area contributed by atoms with Crippen molar-refractivity contribution in [3.05, 3.63) is 69.9 Å². The maximum Gasteiger partial charge on any atom is 0.269 e. The standard InChI is InChI=1S/C25H29N5O3/c1-16-3-4-17-12-22(28-24(31)20(17)11-16)23-13-19(15-33-23)30-9-7-29(8-10-30)18-5-6-21(27-14-18)25(32)26-2/h3-6,11-12,14,19,23H,7-10,13,15H2,1-2H3,(H,26,32)(H,28,31). The summed E-state index contributed by atoms with van der Waals surface area (Å²) in [5.41, 5.74) is 3.35. The number of aromatic amines is 1. The number of H-pyrrole nitrogens is 1. The zero-order chi connectivity index (χ0) is 22.9. The normalized spacial score (nSPS) is 21.5. The Bertz CT molecular complexity index is 1210. The number of aromatic nitrogens is 2. The Morgan fingerprint density at radius 2 is 1.97 bits per heavy atom. The topological polar surface area (TPSA) is 90.6 Å². The van der Waals surface area contributed by atoms with Gasteiger partial charge in [-0.1, -0.05) is 17.7 Å². The molecular weight excluding hydrogens is 418 g/mol. The van der Waals surface area contributed by atoms with Crippen LogP contribution in [-0.2, 0) is 4.74 Å². The minimum Gasteiger partial charge on any atom is -0.370 e. The van der Waals surface area contributed by atoms with Crippen molar-refractivity contribution in [2.24, 2.45) is 0 Å². The molecule has 4 heterocycles. The number of aryl methyl sites for hydroxylation is 1. The third-order valence-corrected chi connectivity index (χ3v) is 6.75. The summed E-state index contributed by atoms with van der Waals surface area (Å²) in [4.78, 5) is 36.4. The van der Waals surface area contributed by atoms with Gasteiger partial charge in [0.1, 0.15) is 5.69 Å². The Labute approximate surface area is 192 Å². The molecule has 0 radical (unpaired) electrons. The fourth-order valence-electron chi connectivity index (χ4n) is 4.83. The molecule has 2 aliphatic rings. The first-order valence-corrected chi connectivity index (χ1v) is 11.4. The number of rotatable bonds is 4. The average molecular weight is 448 g/mol. The van der Waals surface area contributed by atoms with Gasteiger partial charge in [0.15, 0.2) is 0 Å². The maximum absolute atomic E-state index is 12.6. The van der Waals surface area contributed by atoms with Crippen molar-refractivity contribution in [1.82, 2.24) is 20.2 Å². The summed E-state index contributed by atoms with van der Waals surface area (Å²) in [5, 5.41) is 4.27. The van der Waals surface area contributed by atoms with Crippen molar-refractivity contribution in [1.29, 1.82) is 0 Å². The number of carbonyl (C=O) groups excluding carboxylic acids is 1. The third kappa shape index (κ3) is 4.36. The summed E-state index contributed by atoms with van der Waals surface area (Å²) in [6.07, 6.45) is 2.55. The number of carbonyl (C=O) groups is 1. The quantitative estimate of drug-likeness (QED) is 0.638. The first-order chi connectivity index (χ1) is 16.0. The van der Waals surface area contributed by atoms with Crippen LogP contribution in [0.5, 0.6) is 0 Å². The number of ether oxygens (including phenoxy) is 1. The van der Waals surface area contributed by atoms with E-state index >= 15 is 0 Å². The number of nitrogens with one attached hydrogen (secondary N) is 2. The Hall–Kier alpha value is -3.23. The van der Waals surface area contributed by atoms with E-state index in [4.69, 9.17) is 4.74 Å². The van der Waals surface area contributed by atoms with Crippen LogP contribution in [0.15, 0.2) is 47.4 Å². The number of hydrogen-bond donors (Lipinski definition) is 2. The van der Waals surface area contributed by atoms with Gasteiger partial charge in [0.25, 0.3) is 11.5 Å². The van der Waals surface area contributed by atoms with E-state index in [0.29, 0.717) is 18.3 Å². The van der Waals surface area contributed by atoms with Gasteiger partial charge >= 0.3 is 0 Å². The van der Waals surface area contributed by atoms with Gasteiger partial charge in [-0.2, -0.15) is 0 Å². The van der Waals surface area contributed by atoms with Gasteiger partial charge in [0, 0.05) is 50.3 Å². The van der Waals surface area contributed by atoms with Gasteiger partial charge in [-0.05, 0) is 43.0 Å². The molecule has 2 fully saturated rings. The maximum atomic E-state index is 12.6. The summed E-state index contributed by atoms with van der Waals surface area (Å²) in [6, 6.07) is 12.1. The highest BCUT2D eigenvalue weighted by molar-refractivity contribution is 5.92. The number of nitrogens with zero attached hydrogens (tertiary/aromatic N) is 3. The van der Waals surface area contributed by atoms with Crippen LogP contribution in [0.3, 0.4) is 0 Å².